The summed E-state index contributed by atoms with van der Waals surface area (Å²) in [7, 11) is 0. The van der Waals surface area contributed by atoms with Gasteiger partial charge in [-0.05, 0) is 44.0 Å². The second-order valence-corrected chi connectivity index (χ2v) is 8.10. The standard InChI is InChI=1S/C21H20F3N5O2S/c22-12-2-1-3-13(23)17(12)18-14(24)8-15(25)19(29-18)20(30)28-16-9-27-32-21(16)31-10-11-4-6-26-7-5-11/h1-3,8-9,11,26H,4-7,10,25H2,(H,28,30). The van der Waals surface area contributed by atoms with E-state index in [1.807, 2.05) is 0 Å². The highest BCUT2D eigenvalue weighted by Crippen LogP contribution is 2.32. The molecule has 1 amide bonds. The molecular weight excluding hydrogens is 443 g/mol. The molecule has 2 aromatic heterocycles. The molecule has 1 aliphatic rings. The van der Waals surface area contributed by atoms with Crippen molar-refractivity contribution in [2.75, 3.05) is 30.7 Å². The molecule has 4 N–H and O–H groups in total. The van der Waals surface area contributed by atoms with E-state index in [-0.39, 0.29) is 11.4 Å². The molecule has 1 aliphatic heterocycles. The van der Waals surface area contributed by atoms with Crippen LogP contribution >= 0.6 is 11.5 Å². The maximum absolute atomic E-state index is 14.4. The largest absolute Gasteiger partial charge is 0.481 e. The highest BCUT2D eigenvalue weighted by Gasteiger charge is 2.23. The van der Waals surface area contributed by atoms with Gasteiger partial charge in [-0.25, -0.2) is 18.2 Å². The highest BCUT2D eigenvalue weighted by molar-refractivity contribution is 7.08. The Kier molecular flexibility index (Phi) is 6.56. The number of rotatable bonds is 6. The Balaban J connectivity index is 1.55. The first-order valence-electron chi connectivity index (χ1n) is 9.94. The number of anilines is 2. The Morgan fingerprint density at radius 2 is 1.94 bits per heavy atom. The maximum Gasteiger partial charge on any atom is 0.276 e. The van der Waals surface area contributed by atoms with Crippen molar-refractivity contribution in [3.8, 4) is 16.3 Å². The summed E-state index contributed by atoms with van der Waals surface area (Å²) in [5, 5.41) is 6.28. The Morgan fingerprint density at radius 1 is 1.22 bits per heavy atom. The van der Waals surface area contributed by atoms with E-state index in [9.17, 15) is 18.0 Å². The molecule has 11 heteroatoms. The zero-order chi connectivity index (χ0) is 22.7. The predicted octanol–water partition coefficient (Wildman–Crippen LogP) is 3.84. The Labute approximate surface area is 186 Å². The van der Waals surface area contributed by atoms with Crippen molar-refractivity contribution in [2.24, 2.45) is 5.92 Å². The molecule has 7 nitrogen and oxygen atoms in total. The van der Waals surface area contributed by atoms with Crippen molar-refractivity contribution >= 4 is 28.8 Å². The van der Waals surface area contributed by atoms with Crippen molar-refractivity contribution < 1.29 is 22.7 Å². The van der Waals surface area contributed by atoms with Crippen molar-refractivity contribution in [3.05, 3.63) is 53.6 Å². The van der Waals surface area contributed by atoms with E-state index in [2.05, 4.69) is 20.0 Å². The summed E-state index contributed by atoms with van der Waals surface area (Å²) >= 11 is 1.07. The Hall–Kier alpha value is -3.18. The van der Waals surface area contributed by atoms with E-state index in [4.69, 9.17) is 10.5 Å². The monoisotopic (exact) mass is 463 g/mol. The van der Waals surface area contributed by atoms with Crippen molar-refractivity contribution in [1.82, 2.24) is 14.7 Å². The molecule has 1 saturated heterocycles. The fourth-order valence-corrected chi connectivity index (χ4v) is 4.00. The average molecular weight is 463 g/mol. The number of benzene rings is 1. The van der Waals surface area contributed by atoms with E-state index in [1.165, 1.54) is 6.20 Å². The van der Waals surface area contributed by atoms with Crippen LogP contribution in [0, 0.1) is 23.4 Å². The second kappa shape index (κ2) is 9.53. The van der Waals surface area contributed by atoms with Crippen LogP contribution in [0.25, 0.3) is 11.3 Å². The van der Waals surface area contributed by atoms with Crippen molar-refractivity contribution in [2.45, 2.75) is 12.8 Å². The Bertz CT molecular complexity index is 1110. The first kappa shape index (κ1) is 22.0. The zero-order valence-electron chi connectivity index (χ0n) is 16.8. The van der Waals surface area contributed by atoms with Crippen LogP contribution in [0.2, 0.25) is 0 Å². The van der Waals surface area contributed by atoms with Crippen LogP contribution in [0.1, 0.15) is 23.3 Å². The van der Waals surface area contributed by atoms with Crippen LogP contribution in [-0.2, 0) is 0 Å². The maximum atomic E-state index is 14.4. The van der Waals surface area contributed by atoms with Gasteiger partial charge in [-0.2, -0.15) is 4.37 Å². The van der Waals surface area contributed by atoms with Gasteiger partial charge in [0, 0.05) is 17.6 Å². The summed E-state index contributed by atoms with van der Waals surface area (Å²) in [6.07, 6.45) is 3.40. The molecule has 0 atom stereocenters. The van der Waals surface area contributed by atoms with Gasteiger partial charge in [0.15, 0.2) is 11.5 Å². The third kappa shape index (κ3) is 4.68. The number of nitrogens with two attached hydrogens (primary N) is 1. The van der Waals surface area contributed by atoms with Crippen LogP contribution in [0.15, 0.2) is 30.5 Å². The van der Waals surface area contributed by atoms with Gasteiger partial charge in [0.2, 0.25) is 5.06 Å². The molecule has 168 valence electrons. The topological polar surface area (TPSA) is 102 Å². The first-order valence-corrected chi connectivity index (χ1v) is 10.7. The number of carbonyl (C=O) groups excluding carboxylic acids is 1. The minimum atomic E-state index is -1.05. The number of amides is 1. The molecule has 1 fully saturated rings. The number of nitrogen functional groups attached to an aromatic ring is 1. The normalized spacial score (nSPS) is 14.3. The van der Waals surface area contributed by atoms with Gasteiger partial charge in [-0.1, -0.05) is 6.07 Å². The van der Waals surface area contributed by atoms with E-state index in [1.54, 1.807) is 0 Å². The quantitative estimate of drug-likeness (QED) is 0.514. The number of carbonyl (C=O) groups is 1. The summed E-state index contributed by atoms with van der Waals surface area (Å²) in [6, 6.07) is 3.90. The summed E-state index contributed by atoms with van der Waals surface area (Å²) in [5.41, 5.74) is 4.09. The van der Waals surface area contributed by atoms with Crippen LogP contribution in [0.3, 0.4) is 0 Å². The SMILES string of the molecule is Nc1cc(F)c(-c2c(F)cccc2F)nc1C(=O)Nc1cnsc1OCC1CCNCC1. The molecular formula is C21H20F3N5O2S. The van der Waals surface area contributed by atoms with Gasteiger partial charge in [0.1, 0.15) is 23.0 Å². The number of ether oxygens (including phenoxy) is 1. The fourth-order valence-electron chi connectivity index (χ4n) is 3.42. The number of pyridine rings is 1. The first-order chi connectivity index (χ1) is 15.4. The lowest BCUT2D eigenvalue weighted by Gasteiger charge is -2.22. The third-order valence-electron chi connectivity index (χ3n) is 5.11. The van der Waals surface area contributed by atoms with Gasteiger partial charge >= 0.3 is 0 Å². The summed E-state index contributed by atoms with van der Waals surface area (Å²) in [4.78, 5) is 16.6. The fraction of sp³-hybridized carbons (Fsp3) is 0.286. The number of nitrogens with zero attached hydrogens (tertiary/aromatic N) is 2. The molecule has 3 aromatic rings. The van der Waals surface area contributed by atoms with Gasteiger partial charge < -0.3 is 21.1 Å². The minimum Gasteiger partial charge on any atom is -0.481 e. The predicted molar refractivity (Wildman–Crippen MR) is 115 cm³/mol. The lowest BCUT2D eigenvalue weighted by molar-refractivity contribution is 0.102. The summed E-state index contributed by atoms with van der Waals surface area (Å²) < 4.78 is 52.6. The molecule has 0 aliphatic carbocycles. The zero-order valence-corrected chi connectivity index (χ0v) is 17.6. The highest BCUT2D eigenvalue weighted by atomic mass is 32.1. The smallest absolute Gasteiger partial charge is 0.276 e. The number of hydrogen-bond donors (Lipinski definition) is 3. The van der Waals surface area contributed by atoms with Crippen LogP contribution in [0.4, 0.5) is 24.5 Å². The number of piperidine rings is 1. The minimum absolute atomic E-state index is 0.277. The van der Waals surface area contributed by atoms with Crippen molar-refractivity contribution in [3.63, 3.8) is 0 Å². The molecule has 1 aromatic carbocycles. The molecule has 0 spiro atoms. The van der Waals surface area contributed by atoms with Gasteiger partial charge in [0.25, 0.3) is 5.91 Å². The number of aromatic nitrogens is 2. The molecule has 32 heavy (non-hydrogen) atoms. The molecule has 0 saturated carbocycles. The molecule has 4 rings (SSSR count). The van der Waals surface area contributed by atoms with Gasteiger partial charge in [0.05, 0.1) is 24.1 Å². The number of hydrogen-bond acceptors (Lipinski definition) is 7. The lowest BCUT2D eigenvalue weighted by atomic mass is 9.99. The van der Waals surface area contributed by atoms with E-state index < -0.39 is 34.6 Å². The second-order valence-electron chi connectivity index (χ2n) is 7.34. The van der Waals surface area contributed by atoms with Gasteiger partial charge in [-0.3, -0.25) is 4.79 Å². The van der Waals surface area contributed by atoms with Crippen LogP contribution < -0.4 is 21.1 Å². The van der Waals surface area contributed by atoms with E-state index in [0.717, 1.165) is 61.7 Å². The lowest BCUT2D eigenvalue weighted by Crippen LogP contribution is -2.30. The summed E-state index contributed by atoms with van der Waals surface area (Å²) in [5.74, 6) is -3.46. The van der Waals surface area contributed by atoms with E-state index in [0.29, 0.717) is 23.3 Å². The van der Waals surface area contributed by atoms with E-state index >= 15 is 0 Å². The van der Waals surface area contributed by atoms with Crippen LogP contribution in [0.5, 0.6) is 5.06 Å². The molecule has 0 bridgehead atoms. The third-order valence-corrected chi connectivity index (χ3v) is 5.83. The van der Waals surface area contributed by atoms with Gasteiger partial charge in [-0.15, -0.1) is 0 Å². The molecule has 0 radical (unpaired) electrons. The molecule has 0 unspecified atom stereocenters. The van der Waals surface area contributed by atoms with Crippen molar-refractivity contribution in [1.29, 1.82) is 0 Å². The average Bonchev–Trinajstić information content (AvgIpc) is 3.21. The number of nitrogens with one attached hydrogen (secondary N) is 2. The Morgan fingerprint density at radius 3 is 2.66 bits per heavy atom. The molecule has 3 heterocycles. The summed E-state index contributed by atoms with van der Waals surface area (Å²) in [6.45, 7) is 2.35. The van der Waals surface area contributed by atoms with Crippen LogP contribution in [-0.4, -0.2) is 35.0 Å². The number of halogens is 3.